The largest absolute Gasteiger partial charge is 0.400 e. The maximum atomic E-state index is 5.54. The molecule has 0 rings (SSSR count). The van der Waals surface area contributed by atoms with Crippen molar-refractivity contribution in [1.82, 2.24) is 10.3 Å². The first kappa shape index (κ1) is 9.26. The highest BCUT2D eigenvalue weighted by Crippen LogP contribution is 1.80. The highest BCUT2D eigenvalue weighted by molar-refractivity contribution is 4.96. The molecule has 0 aromatic heterocycles. The molecule has 0 spiro atoms. The summed E-state index contributed by atoms with van der Waals surface area (Å²) in [6.07, 6.45) is 1.68. The molecule has 0 radical (unpaired) electrons. The molecule has 0 saturated heterocycles. The number of rotatable bonds is 4. The molecule has 0 unspecified atom stereocenters. The Hall–Kier alpha value is -0.740. The van der Waals surface area contributed by atoms with Crippen molar-refractivity contribution in [3.63, 3.8) is 0 Å². The maximum absolute atomic E-state index is 5.54. The zero-order valence-electron chi connectivity index (χ0n) is 6.59. The number of hydrogen-bond acceptors (Lipinski definition) is 4. The number of nitrogens with one attached hydrogen (secondary N) is 1. The molecule has 0 aliphatic carbocycles. The van der Waals surface area contributed by atoms with Gasteiger partial charge in [-0.1, -0.05) is 6.92 Å². The van der Waals surface area contributed by atoms with Crippen molar-refractivity contribution in [3.8, 4) is 0 Å². The van der Waals surface area contributed by atoms with Gasteiger partial charge in [-0.3, -0.25) is 0 Å². The summed E-state index contributed by atoms with van der Waals surface area (Å²) in [6.45, 7) is 3.64. The van der Waals surface area contributed by atoms with Crippen LogP contribution in [0.4, 0.5) is 0 Å². The first-order valence-corrected chi connectivity index (χ1v) is 3.31. The quantitative estimate of drug-likeness (QED) is 0.357. The second kappa shape index (κ2) is 5.08. The van der Waals surface area contributed by atoms with Gasteiger partial charge in [0.2, 0.25) is 0 Å². The van der Waals surface area contributed by atoms with Gasteiger partial charge in [0.05, 0.1) is 0 Å². The van der Waals surface area contributed by atoms with Crippen LogP contribution in [0.15, 0.2) is 11.9 Å². The molecule has 0 bridgehead atoms. The molecular weight excluding hydrogens is 128 g/mol. The van der Waals surface area contributed by atoms with Gasteiger partial charge < -0.3 is 16.1 Å². The Kier molecular flexibility index (Phi) is 4.70. The Bertz CT molecular complexity index is 108. The lowest BCUT2D eigenvalue weighted by Crippen LogP contribution is -2.25. The fraction of sp³-hybridized carbons (Fsp3) is 0.667. The zero-order valence-corrected chi connectivity index (χ0v) is 6.59. The topological polar surface area (TPSA) is 67.3 Å². The van der Waals surface area contributed by atoms with Gasteiger partial charge in [0.15, 0.2) is 0 Å². The van der Waals surface area contributed by atoms with Crippen LogP contribution in [0.3, 0.4) is 0 Å². The molecule has 0 heterocycles. The molecule has 0 amide bonds. The summed E-state index contributed by atoms with van der Waals surface area (Å²) in [5, 5.41) is 4.52. The molecule has 0 aromatic rings. The number of likely N-dealkylation sites (N-methyl/N-ethyl adjacent to an activating group) is 1. The van der Waals surface area contributed by atoms with Gasteiger partial charge in [-0.25, -0.2) is 5.84 Å². The lowest BCUT2D eigenvalue weighted by molar-refractivity contribution is 0.477. The van der Waals surface area contributed by atoms with Gasteiger partial charge in [0, 0.05) is 25.5 Å². The molecule has 0 atom stereocenters. The van der Waals surface area contributed by atoms with E-state index in [9.17, 15) is 0 Å². The predicted molar refractivity (Wildman–Crippen MR) is 42.8 cm³/mol. The lowest BCUT2D eigenvalue weighted by atomic mass is 10.4. The molecule has 0 aromatic carbocycles. The van der Waals surface area contributed by atoms with Crippen LogP contribution in [0.1, 0.15) is 6.92 Å². The van der Waals surface area contributed by atoms with Crippen LogP contribution in [-0.2, 0) is 0 Å². The molecule has 60 valence electrons. The van der Waals surface area contributed by atoms with Gasteiger partial charge in [0.25, 0.3) is 0 Å². The van der Waals surface area contributed by atoms with Crippen molar-refractivity contribution in [3.05, 3.63) is 11.9 Å². The Morgan fingerprint density at radius 2 is 2.30 bits per heavy atom. The monoisotopic (exact) mass is 144 g/mol. The SMILES string of the molecule is CCNC/C(N)=C/N(C)N. The van der Waals surface area contributed by atoms with Gasteiger partial charge in [-0.15, -0.1) is 0 Å². The van der Waals surface area contributed by atoms with E-state index in [0.29, 0.717) is 6.54 Å². The minimum Gasteiger partial charge on any atom is -0.400 e. The molecule has 0 aliphatic heterocycles. The van der Waals surface area contributed by atoms with E-state index >= 15 is 0 Å². The van der Waals surface area contributed by atoms with Crippen molar-refractivity contribution in [2.24, 2.45) is 11.6 Å². The summed E-state index contributed by atoms with van der Waals surface area (Å²) in [7, 11) is 1.73. The van der Waals surface area contributed by atoms with Crippen molar-refractivity contribution in [1.29, 1.82) is 0 Å². The lowest BCUT2D eigenvalue weighted by Gasteiger charge is -2.07. The zero-order chi connectivity index (χ0) is 7.98. The van der Waals surface area contributed by atoms with Crippen LogP contribution < -0.4 is 16.9 Å². The number of nitrogens with zero attached hydrogens (tertiary/aromatic N) is 1. The highest BCUT2D eigenvalue weighted by Gasteiger charge is 1.87. The van der Waals surface area contributed by atoms with Crippen LogP contribution in [-0.4, -0.2) is 25.1 Å². The smallest absolute Gasteiger partial charge is 0.0397 e. The van der Waals surface area contributed by atoms with Crippen LogP contribution in [0.5, 0.6) is 0 Å². The number of nitrogens with two attached hydrogens (primary N) is 2. The molecule has 4 heteroatoms. The third kappa shape index (κ3) is 5.40. The van der Waals surface area contributed by atoms with Gasteiger partial charge in [0.1, 0.15) is 0 Å². The summed E-state index contributed by atoms with van der Waals surface area (Å²) in [5.41, 5.74) is 6.28. The van der Waals surface area contributed by atoms with Crippen LogP contribution >= 0.6 is 0 Å². The second-order valence-electron chi connectivity index (χ2n) is 2.15. The summed E-state index contributed by atoms with van der Waals surface area (Å²) < 4.78 is 0. The summed E-state index contributed by atoms with van der Waals surface area (Å²) >= 11 is 0. The predicted octanol–water partition coefficient (Wildman–Crippen LogP) is -0.798. The first-order chi connectivity index (χ1) is 4.66. The fourth-order valence-corrected chi connectivity index (χ4v) is 0.577. The van der Waals surface area contributed by atoms with Crippen molar-refractivity contribution < 1.29 is 0 Å². The van der Waals surface area contributed by atoms with E-state index in [2.05, 4.69) is 5.32 Å². The molecular formula is C6H16N4. The molecule has 0 aliphatic rings. The third-order valence-electron chi connectivity index (χ3n) is 0.949. The van der Waals surface area contributed by atoms with Gasteiger partial charge >= 0.3 is 0 Å². The standard InChI is InChI=1S/C6H16N4/c1-3-9-4-6(7)5-10(2)8/h5,9H,3-4,7-8H2,1-2H3/b6-5-. The van der Waals surface area contributed by atoms with Crippen molar-refractivity contribution in [2.75, 3.05) is 20.1 Å². The summed E-state index contributed by atoms with van der Waals surface area (Å²) in [5.74, 6) is 5.31. The normalized spacial score (nSPS) is 11.7. The van der Waals surface area contributed by atoms with Gasteiger partial charge in [-0.2, -0.15) is 0 Å². The van der Waals surface area contributed by atoms with Crippen LogP contribution in [0, 0.1) is 0 Å². The van der Waals surface area contributed by atoms with E-state index < -0.39 is 0 Å². The first-order valence-electron chi connectivity index (χ1n) is 3.31. The number of hydrogen-bond donors (Lipinski definition) is 3. The number of hydrazine groups is 1. The van der Waals surface area contributed by atoms with Crippen LogP contribution in [0.25, 0.3) is 0 Å². The summed E-state index contributed by atoms with van der Waals surface area (Å²) in [4.78, 5) is 0. The Balaban J connectivity index is 3.49. The molecule has 10 heavy (non-hydrogen) atoms. The second-order valence-corrected chi connectivity index (χ2v) is 2.15. The van der Waals surface area contributed by atoms with E-state index in [4.69, 9.17) is 11.6 Å². The summed E-state index contributed by atoms with van der Waals surface area (Å²) in [6, 6.07) is 0. The Morgan fingerprint density at radius 1 is 1.70 bits per heavy atom. The average molecular weight is 144 g/mol. The Labute approximate surface area is 61.8 Å². The van der Waals surface area contributed by atoms with Crippen molar-refractivity contribution in [2.45, 2.75) is 6.92 Å². The van der Waals surface area contributed by atoms with Crippen molar-refractivity contribution >= 4 is 0 Å². The molecule has 4 nitrogen and oxygen atoms in total. The van der Waals surface area contributed by atoms with Crippen LogP contribution in [0.2, 0.25) is 0 Å². The highest BCUT2D eigenvalue weighted by atomic mass is 15.4. The van der Waals surface area contributed by atoms with Gasteiger partial charge in [-0.05, 0) is 6.54 Å². The Morgan fingerprint density at radius 3 is 2.70 bits per heavy atom. The van der Waals surface area contributed by atoms with E-state index in [-0.39, 0.29) is 0 Å². The minimum atomic E-state index is 0.692. The minimum absolute atomic E-state index is 0.692. The molecule has 5 N–H and O–H groups in total. The fourth-order valence-electron chi connectivity index (χ4n) is 0.577. The van der Waals surface area contributed by atoms with E-state index in [0.717, 1.165) is 12.2 Å². The maximum Gasteiger partial charge on any atom is 0.0397 e. The van der Waals surface area contributed by atoms with E-state index in [1.165, 1.54) is 5.01 Å². The van der Waals surface area contributed by atoms with E-state index in [1.54, 1.807) is 13.2 Å². The third-order valence-corrected chi connectivity index (χ3v) is 0.949. The molecule has 0 saturated carbocycles. The van der Waals surface area contributed by atoms with E-state index in [1.807, 2.05) is 6.92 Å². The average Bonchev–Trinajstić information content (AvgIpc) is 1.82. The molecule has 0 fully saturated rings.